The zero-order valence-electron chi connectivity index (χ0n) is 17.3. The molecule has 0 heterocycles. The molecule has 0 saturated carbocycles. The highest BCUT2D eigenvalue weighted by Gasteiger charge is 2.19. The SMILES string of the molecule is CCN(CC)c1ccc(NC(=O)CCN(C(C)=O)C(C)c2ccccc2)cc1. The van der Waals surface area contributed by atoms with Gasteiger partial charge in [-0.05, 0) is 50.6 Å². The van der Waals surface area contributed by atoms with Crippen molar-refractivity contribution in [3.8, 4) is 0 Å². The minimum Gasteiger partial charge on any atom is -0.372 e. The molecule has 0 aromatic heterocycles. The molecule has 0 fully saturated rings. The number of hydrogen-bond donors (Lipinski definition) is 1. The third-order valence-corrected chi connectivity index (χ3v) is 5.01. The number of nitrogens with zero attached hydrogens (tertiary/aromatic N) is 2. The van der Waals surface area contributed by atoms with Gasteiger partial charge in [-0.2, -0.15) is 0 Å². The maximum Gasteiger partial charge on any atom is 0.226 e. The normalized spacial score (nSPS) is 11.6. The van der Waals surface area contributed by atoms with E-state index in [-0.39, 0.29) is 24.3 Å². The average molecular weight is 382 g/mol. The number of benzene rings is 2. The van der Waals surface area contributed by atoms with Gasteiger partial charge in [-0.1, -0.05) is 30.3 Å². The molecule has 150 valence electrons. The lowest BCUT2D eigenvalue weighted by atomic mass is 10.1. The lowest BCUT2D eigenvalue weighted by Crippen LogP contribution is -2.34. The fraction of sp³-hybridized carbons (Fsp3) is 0.391. The fourth-order valence-corrected chi connectivity index (χ4v) is 3.33. The van der Waals surface area contributed by atoms with Gasteiger partial charge in [0.2, 0.25) is 11.8 Å². The monoisotopic (exact) mass is 381 g/mol. The Bertz CT molecular complexity index is 755. The van der Waals surface area contributed by atoms with E-state index in [9.17, 15) is 9.59 Å². The van der Waals surface area contributed by atoms with Crippen molar-refractivity contribution in [2.45, 2.75) is 40.2 Å². The Balaban J connectivity index is 1.93. The molecule has 2 aromatic rings. The lowest BCUT2D eigenvalue weighted by molar-refractivity contribution is -0.131. The number of hydrogen-bond acceptors (Lipinski definition) is 3. The van der Waals surface area contributed by atoms with Crippen LogP contribution in [0.4, 0.5) is 11.4 Å². The minimum absolute atomic E-state index is 0.0345. The molecule has 0 spiro atoms. The summed E-state index contributed by atoms with van der Waals surface area (Å²) < 4.78 is 0. The third kappa shape index (κ3) is 5.84. The van der Waals surface area contributed by atoms with Crippen molar-refractivity contribution in [1.82, 2.24) is 4.90 Å². The second kappa shape index (κ2) is 10.5. The van der Waals surface area contributed by atoms with E-state index in [2.05, 4.69) is 24.1 Å². The van der Waals surface area contributed by atoms with E-state index in [0.29, 0.717) is 6.54 Å². The van der Waals surface area contributed by atoms with Crippen LogP contribution in [0.1, 0.15) is 45.7 Å². The second-order valence-corrected chi connectivity index (χ2v) is 6.82. The van der Waals surface area contributed by atoms with E-state index in [0.717, 1.165) is 30.0 Å². The quantitative estimate of drug-likeness (QED) is 0.697. The van der Waals surface area contributed by atoms with Crippen LogP contribution in [0.3, 0.4) is 0 Å². The van der Waals surface area contributed by atoms with Gasteiger partial charge in [-0.25, -0.2) is 0 Å². The molecule has 0 aliphatic heterocycles. The Kier molecular flexibility index (Phi) is 8.05. The summed E-state index contributed by atoms with van der Waals surface area (Å²) in [5, 5.41) is 2.92. The summed E-state index contributed by atoms with van der Waals surface area (Å²) in [6, 6.07) is 17.7. The van der Waals surface area contributed by atoms with Crippen LogP contribution in [0.25, 0.3) is 0 Å². The fourth-order valence-electron chi connectivity index (χ4n) is 3.33. The summed E-state index contributed by atoms with van der Waals surface area (Å²) in [5.74, 6) is -0.130. The topological polar surface area (TPSA) is 52.7 Å². The van der Waals surface area contributed by atoms with Crippen molar-refractivity contribution >= 4 is 23.2 Å². The average Bonchev–Trinajstić information content (AvgIpc) is 2.70. The molecular weight excluding hydrogens is 350 g/mol. The molecule has 2 rings (SSSR count). The van der Waals surface area contributed by atoms with Crippen LogP contribution in [0.5, 0.6) is 0 Å². The highest BCUT2D eigenvalue weighted by molar-refractivity contribution is 5.91. The number of carbonyl (C=O) groups is 2. The first-order valence-electron chi connectivity index (χ1n) is 9.93. The molecule has 0 aliphatic rings. The van der Waals surface area contributed by atoms with E-state index in [1.807, 2.05) is 61.5 Å². The van der Waals surface area contributed by atoms with Crippen LogP contribution in [-0.2, 0) is 9.59 Å². The number of anilines is 2. The second-order valence-electron chi connectivity index (χ2n) is 6.82. The first-order valence-corrected chi connectivity index (χ1v) is 9.93. The van der Waals surface area contributed by atoms with Gasteiger partial charge >= 0.3 is 0 Å². The molecule has 0 bridgehead atoms. The van der Waals surface area contributed by atoms with Crippen LogP contribution in [0.2, 0.25) is 0 Å². The number of nitrogens with one attached hydrogen (secondary N) is 1. The van der Waals surface area contributed by atoms with Crippen molar-refractivity contribution in [2.75, 3.05) is 29.9 Å². The summed E-state index contributed by atoms with van der Waals surface area (Å²) in [5.41, 5.74) is 2.97. The Morgan fingerprint density at radius 1 is 0.964 bits per heavy atom. The first kappa shape index (κ1) is 21.5. The molecule has 2 amide bonds. The van der Waals surface area contributed by atoms with Gasteiger partial charge in [0.25, 0.3) is 0 Å². The van der Waals surface area contributed by atoms with Crippen LogP contribution >= 0.6 is 0 Å². The summed E-state index contributed by atoms with van der Waals surface area (Å²) in [4.78, 5) is 28.4. The number of amides is 2. The largest absolute Gasteiger partial charge is 0.372 e. The molecule has 1 unspecified atom stereocenters. The summed E-state index contributed by atoms with van der Waals surface area (Å²) in [7, 11) is 0. The number of carbonyl (C=O) groups excluding carboxylic acids is 2. The Morgan fingerprint density at radius 3 is 2.11 bits per heavy atom. The Hall–Kier alpha value is -2.82. The van der Waals surface area contributed by atoms with Gasteiger partial charge in [-0.3, -0.25) is 9.59 Å². The summed E-state index contributed by atoms with van der Waals surface area (Å²) in [6.45, 7) is 10.1. The standard InChI is InChI=1S/C23H31N3O2/c1-5-25(6-2)22-14-12-21(13-15-22)24-23(28)16-17-26(19(4)27)18(3)20-10-8-7-9-11-20/h7-15,18H,5-6,16-17H2,1-4H3,(H,24,28). The van der Waals surface area contributed by atoms with E-state index in [4.69, 9.17) is 0 Å². The molecule has 0 radical (unpaired) electrons. The van der Waals surface area contributed by atoms with Gasteiger partial charge in [0.1, 0.15) is 0 Å². The molecule has 28 heavy (non-hydrogen) atoms. The van der Waals surface area contributed by atoms with Crippen LogP contribution in [0.15, 0.2) is 54.6 Å². The maximum atomic E-state index is 12.4. The summed E-state index contributed by atoms with van der Waals surface area (Å²) >= 11 is 0. The van der Waals surface area contributed by atoms with Gasteiger partial charge in [0.05, 0.1) is 6.04 Å². The van der Waals surface area contributed by atoms with Crippen molar-refractivity contribution in [3.63, 3.8) is 0 Å². The highest BCUT2D eigenvalue weighted by Crippen LogP contribution is 2.21. The van der Waals surface area contributed by atoms with Gasteiger partial charge in [0, 0.05) is 44.4 Å². The van der Waals surface area contributed by atoms with Crippen LogP contribution in [0, 0.1) is 0 Å². The maximum absolute atomic E-state index is 12.4. The van der Waals surface area contributed by atoms with Crippen LogP contribution in [-0.4, -0.2) is 36.3 Å². The van der Waals surface area contributed by atoms with Crippen molar-refractivity contribution in [1.29, 1.82) is 0 Å². The zero-order valence-corrected chi connectivity index (χ0v) is 17.3. The zero-order chi connectivity index (χ0) is 20.5. The molecule has 5 heteroatoms. The molecule has 0 aliphatic carbocycles. The van der Waals surface area contributed by atoms with Gasteiger partial charge in [-0.15, -0.1) is 0 Å². The molecule has 1 atom stereocenters. The predicted octanol–water partition coefficient (Wildman–Crippen LogP) is 4.47. The van der Waals surface area contributed by atoms with E-state index in [1.165, 1.54) is 0 Å². The van der Waals surface area contributed by atoms with Crippen molar-refractivity contribution in [2.24, 2.45) is 0 Å². The molecule has 5 nitrogen and oxygen atoms in total. The van der Waals surface area contributed by atoms with E-state index in [1.54, 1.807) is 11.8 Å². The van der Waals surface area contributed by atoms with E-state index >= 15 is 0 Å². The lowest BCUT2D eigenvalue weighted by Gasteiger charge is -2.28. The smallest absolute Gasteiger partial charge is 0.226 e. The van der Waals surface area contributed by atoms with Crippen LogP contribution < -0.4 is 10.2 Å². The third-order valence-electron chi connectivity index (χ3n) is 5.01. The molecule has 1 N–H and O–H groups in total. The molecule has 0 saturated heterocycles. The molecular formula is C23H31N3O2. The minimum atomic E-state index is -0.0953. The first-order chi connectivity index (χ1) is 13.5. The van der Waals surface area contributed by atoms with E-state index < -0.39 is 0 Å². The summed E-state index contributed by atoms with van der Waals surface area (Å²) in [6.07, 6.45) is 0.258. The Morgan fingerprint density at radius 2 is 1.57 bits per heavy atom. The van der Waals surface area contributed by atoms with Gasteiger partial charge < -0.3 is 15.1 Å². The van der Waals surface area contributed by atoms with Gasteiger partial charge in [0.15, 0.2) is 0 Å². The molecule has 2 aromatic carbocycles. The van der Waals surface area contributed by atoms with Crippen molar-refractivity contribution < 1.29 is 9.59 Å². The number of rotatable bonds is 9. The highest BCUT2D eigenvalue weighted by atomic mass is 16.2. The predicted molar refractivity (Wildman–Crippen MR) is 115 cm³/mol. The van der Waals surface area contributed by atoms with Crippen molar-refractivity contribution in [3.05, 3.63) is 60.2 Å². The Labute approximate surface area is 168 Å².